The molecule has 7 nitrogen and oxygen atoms in total. The summed E-state index contributed by atoms with van der Waals surface area (Å²) in [5.74, 6) is -0.183. The maximum atomic E-state index is 12.6. The van der Waals surface area contributed by atoms with Gasteiger partial charge < -0.3 is 16.4 Å². The predicted molar refractivity (Wildman–Crippen MR) is 114 cm³/mol. The summed E-state index contributed by atoms with van der Waals surface area (Å²) >= 11 is 3.40. The molecule has 0 aliphatic carbocycles. The Morgan fingerprint density at radius 2 is 1.90 bits per heavy atom. The Labute approximate surface area is 177 Å². The zero-order chi connectivity index (χ0) is 20.6. The molecular formula is C21H22BrN5O2. The van der Waals surface area contributed by atoms with Gasteiger partial charge in [0.2, 0.25) is 5.91 Å². The second-order valence-corrected chi connectivity index (χ2v) is 7.49. The number of aromatic nitrogens is 2. The van der Waals surface area contributed by atoms with Crippen LogP contribution in [0.15, 0.2) is 71.5 Å². The van der Waals surface area contributed by atoms with Crippen molar-refractivity contribution in [3.05, 3.63) is 88.2 Å². The van der Waals surface area contributed by atoms with E-state index in [1.165, 1.54) is 0 Å². The highest BCUT2D eigenvalue weighted by Crippen LogP contribution is 2.21. The van der Waals surface area contributed by atoms with E-state index in [0.717, 1.165) is 21.2 Å². The van der Waals surface area contributed by atoms with Gasteiger partial charge in [-0.1, -0.05) is 52.3 Å². The Hall–Kier alpha value is -3.13. The number of nitrogens with one attached hydrogen (secondary N) is 2. The molecule has 3 amide bonds. The van der Waals surface area contributed by atoms with Gasteiger partial charge in [-0.05, 0) is 34.9 Å². The topological polar surface area (TPSA) is 102 Å². The lowest BCUT2D eigenvalue weighted by Gasteiger charge is -2.18. The minimum atomic E-state index is -0.674. The summed E-state index contributed by atoms with van der Waals surface area (Å²) in [6.07, 6.45) is 3.71. The quantitative estimate of drug-likeness (QED) is 0.486. The Kier molecular flexibility index (Phi) is 7.02. The summed E-state index contributed by atoms with van der Waals surface area (Å²) in [4.78, 5) is 23.9. The molecule has 0 aliphatic heterocycles. The van der Waals surface area contributed by atoms with Crippen LogP contribution in [0.2, 0.25) is 0 Å². The largest absolute Gasteiger partial charge is 0.352 e. The van der Waals surface area contributed by atoms with Crippen LogP contribution >= 0.6 is 15.9 Å². The Balaban J connectivity index is 1.64. The third-order valence-corrected chi connectivity index (χ3v) is 4.94. The highest BCUT2D eigenvalue weighted by atomic mass is 79.9. The number of nitrogens with zero attached hydrogens (tertiary/aromatic N) is 2. The molecule has 2 aromatic carbocycles. The first-order chi connectivity index (χ1) is 14.0. The zero-order valence-corrected chi connectivity index (χ0v) is 17.3. The summed E-state index contributed by atoms with van der Waals surface area (Å²) < 4.78 is 2.69. The molecule has 1 heterocycles. The first-order valence-electron chi connectivity index (χ1n) is 9.13. The average Bonchev–Trinajstić information content (AvgIpc) is 3.19. The second-order valence-electron chi connectivity index (χ2n) is 6.57. The van der Waals surface area contributed by atoms with Crippen molar-refractivity contribution >= 4 is 27.9 Å². The molecule has 0 saturated heterocycles. The van der Waals surface area contributed by atoms with Crippen molar-refractivity contribution in [3.63, 3.8) is 0 Å². The molecule has 1 aromatic heterocycles. The zero-order valence-electron chi connectivity index (χ0n) is 15.7. The van der Waals surface area contributed by atoms with Gasteiger partial charge in [0.25, 0.3) is 0 Å². The van der Waals surface area contributed by atoms with Crippen LogP contribution in [0.3, 0.4) is 0 Å². The van der Waals surface area contributed by atoms with Crippen LogP contribution in [0, 0.1) is 0 Å². The van der Waals surface area contributed by atoms with E-state index < -0.39 is 12.1 Å². The van der Waals surface area contributed by atoms with Crippen LogP contribution in [0.25, 0.3) is 0 Å². The first-order valence-corrected chi connectivity index (χ1v) is 9.93. The molecule has 3 aromatic rings. The number of benzene rings is 2. The minimum absolute atomic E-state index is 0.0840. The molecule has 0 bridgehead atoms. The van der Waals surface area contributed by atoms with Gasteiger partial charge in [0.1, 0.15) is 0 Å². The summed E-state index contributed by atoms with van der Waals surface area (Å²) in [5, 5.41) is 9.80. The minimum Gasteiger partial charge on any atom is -0.352 e. The van der Waals surface area contributed by atoms with E-state index in [9.17, 15) is 9.59 Å². The van der Waals surface area contributed by atoms with Gasteiger partial charge in [-0.15, -0.1) is 0 Å². The normalized spacial score (nSPS) is 11.6. The highest BCUT2D eigenvalue weighted by molar-refractivity contribution is 9.10. The van der Waals surface area contributed by atoms with E-state index >= 15 is 0 Å². The number of hydrogen-bond acceptors (Lipinski definition) is 3. The van der Waals surface area contributed by atoms with Gasteiger partial charge in [0, 0.05) is 23.4 Å². The molecule has 0 fully saturated rings. The van der Waals surface area contributed by atoms with E-state index in [1.54, 1.807) is 6.20 Å². The molecule has 0 radical (unpaired) electrons. The highest BCUT2D eigenvalue weighted by Gasteiger charge is 2.18. The van der Waals surface area contributed by atoms with Gasteiger partial charge in [-0.25, -0.2) is 4.79 Å². The van der Waals surface area contributed by atoms with Crippen molar-refractivity contribution < 1.29 is 9.59 Å². The molecule has 0 aliphatic rings. The van der Waals surface area contributed by atoms with E-state index in [-0.39, 0.29) is 12.3 Å². The Bertz CT molecular complexity index is 975. The molecule has 3 rings (SSSR count). The van der Waals surface area contributed by atoms with Gasteiger partial charge in [0.15, 0.2) is 0 Å². The fourth-order valence-electron chi connectivity index (χ4n) is 3.05. The van der Waals surface area contributed by atoms with Gasteiger partial charge >= 0.3 is 6.03 Å². The summed E-state index contributed by atoms with van der Waals surface area (Å²) in [6.45, 7) is 1.01. The van der Waals surface area contributed by atoms with Crippen LogP contribution in [0.4, 0.5) is 4.79 Å². The number of carbonyl (C=O) groups excluding carboxylic acids is 2. The number of nitrogens with two attached hydrogens (primary N) is 1. The average molecular weight is 456 g/mol. The summed E-state index contributed by atoms with van der Waals surface area (Å²) in [7, 11) is 0. The number of carbonyl (C=O) groups is 2. The fourth-order valence-corrected chi connectivity index (χ4v) is 3.47. The lowest BCUT2D eigenvalue weighted by atomic mass is 10.0. The Morgan fingerprint density at radius 1 is 1.10 bits per heavy atom. The van der Waals surface area contributed by atoms with Crippen LogP contribution in [0.5, 0.6) is 0 Å². The molecule has 0 saturated carbocycles. The van der Waals surface area contributed by atoms with Crippen LogP contribution in [-0.4, -0.2) is 21.7 Å². The molecule has 1 atom stereocenters. The van der Waals surface area contributed by atoms with E-state index in [2.05, 4.69) is 31.7 Å². The van der Waals surface area contributed by atoms with Crippen molar-refractivity contribution in [1.29, 1.82) is 0 Å². The monoisotopic (exact) mass is 455 g/mol. The maximum absolute atomic E-state index is 12.6. The molecule has 4 N–H and O–H groups in total. The van der Waals surface area contributed by atoms with Gasteiger partial charge in [-0.3, -0.25) is 9.48 Å². The van der Waals surface area contributed by atoms with Crippen molar-refractivity contribution in [3.8, 4) is 0 Å². The molecule has 29 heavy (non-hydrogen) atoms. The smallest absolute Gasteiger partial charge is 0.312 e. The molecule has 8 heteroatoms. The third kappa shape index (κ3) is 6.18. The van der Waals surface area contributed by atoms with Gasteiger partial charge in [-0.2, -0.15) is 5.10 Å². The number of amides is 3. The van der Waals surface area contributed by atoms with Crippen molar-refractivity contribution in [2.75, 3.05) is 0 Å². The van der Waals surface area contributed by atoms with Crippen molar-refractivity contribution in [2.24, 2.45) is 5.73 Å². The standard InChI is InChI=1S/C21H22BrN5O2/c22-18-8-3-7-15(11-18)19(26-21(23)29)12-20(28)24-13-16-5-1-2-6-17(16)14-27-10-4-9-25-27/h1-11,19H,12-14H2,(H,24,28)(H3,23,26,29). The van der Waals surface area contributed by atoms with E-state index in [0.29, 0.717) is 13.1 Å². The SMILES string of the molecule is NC(=O)NC(CC(=O)NCc1ccccc1Cn1cccn1)c1cccc(Br)c1. The molecule has 150 valence electrons. The third-order valence-electron chi connectivity index (χ3n) is 4.44. The first kappa shape index (κ1) is 20.6. The number of halogens is 1. The van der Waals surface area contributed by atoms with Crippen molar-refractivity contribution in [1.82, 2.24) is 20.4 Å². The molecular weight excluding hydrogens is 434 g/mol. The fraction of sp³-hybridized carbons (Fsp3) is 0.190. The lowest BCUT2D eigenvalue weighted by Crippen LogP contribution is -2.36. The number of urea groups is 1. The molecule has 1 unspecified atom stereocenters. The van der Waals surface area contributed by atoms with Crippen molar-refractivity contribution in [2.45, 2.75) is 25.6 Å². The van der Waals surface area contributed by atoms with Gasteiger partial charge in [0.05, 0.1) is 19.0 Å². The number of rotatable bonds is 8. The van der Waals surface area contributed by atoms with Crippen LogP contribution < -0.4 is 16.4 Å². The number of primary amides is 1. The van der Waals surface area contributed by atoms with E-state index in [4.69, 9.17) is 5.73 Å². The van der Waals surface area contributed by atoms with Crippen LogP contribution in [0.1, 0.15) is 29.2 Å². The summed E-state index contributed by atoms with van der Waals surface area (Å²) in [6, 6.07) is 16.0. The molecule has 0 spiro atoms. The Morgan fingerprint density at radius 3 is 2.59 bits per heavy atom. The number of hydrogen-bond donors (Lipinski definition) is 3. The van der Waals surface area contributed by atoms with Crippen LogP contribution in [-0.2, 0) is 17.9 Å². The van der Waals surface area contributed by atoms with E-state index in [1.807, 2.05) is 65.5 Å². The maximum Gasteiger partial charge on any atom is 0.312 e. The summed E-state index contributed by atoms with van der Waals surface area (Å²) in [5.41, 5.74) is 8.18. The predicted octanol–water partition coefficient (Wildman–Crippen LogP) is 3.11. The second kappa shape index (κ2) is 9.88. The lowest BCUT2D eigenvalue weighted by molar-refractivity contribution is -0.121.